The van der Waals surface area contributed by atoms with Gasteiger partial charge in [0.15, 0.2) is 0 Å². The van der Waals surface area contributed by atoms with Crippen molar-refractivity contribution in [3.8, 4) is 0 Å². The fourth-order valence-electron chi connectivity index (χ4n) is 4.54. The summed E-state index contributed by atoms with van der Waals surface area (Å²) in [6, 6.07) is 8.17. The maximum absolute atomic E-state index is 12.3. The molecule has 3 rings (SSSR count). The second-order valence-corrected chi connectivity index (χ2v) is 8.65. The van der Waals surface area contributed by atoms with Crippen molar-refractivity contribution in [3.63, 3.8) is 0 Å². The van der Waals surface area contributed by atoms with E-state index in [2.05, 4.69) is 48.3 Å². The molecule has 2 saturated heterocycles. The predicted octanol–water partition coefficient (Wildman–Crippen LogP) is 3.38. The van der Waals surface area contributed by atoms with E-state index in [9.17, 15) is 4.79 Å². The van der Waals surface area contributed by atoms with Gasteiger partial charge in [0.2, 0.25) is 5.91 Å². The number of halogens is 2. The third-order valence-electron chi connectivity index (χ3n) is 5.92. The molecule has 7 heteroatoms. The number of rotatable bonds is 6. The van der Waals surface area contributed by atoms with E-state index in [1.165, 1.54) is 25.1 Å². The molecule has 0 saturated carbocycles. The molecular weight excluding hydrogens is 409 g/mol. The van der Waals surface area contributed by atoms with Crippen LogP contribution in [0.4, 0.5) is 0 Å². The molecule has 2 fully saturated rings. The van der Waals surface area contributed by atoms with Crippen molar-refractivity contribution in [2.45, 2.75) is 52.2 Å². The van der Waals surface area contributed by atoms with Crippen molar-refractivity contribution in [2.24, 2.45) is 23.5 Å². The summed E-state index contributed by atoms with van der Waals surface area (Å²) in [7, 11) is 0. The van der Waals surface area contributed by atoms with Crippen LogP contribution in [0.3, 0.4) is 0 Å². The monoisotopic (exact) mass is 445 g/mol. The predicted molar refractivity (Wildman–Crippen MR) is 123 cm³/mol. The number of likely N-dealkylation sites (tertiary alicyclic amines) is 1. The molecular formula is C22H37Cl2N3O2. The molecule has 2 aliphatic rings. The Balaban J connectivity index is 0.00000210. The minimum absolute atomic E-state index is 0. The highest BCUT2D eigenvalue weighted by molar-refractivity contribution is 5.85. The van der Waals surface area contributed by atoms with E-state index in [0.29, 0.717) is 19.8 Å². The number of nitrogens with zero attached hydrogens (tertiary/aromatic N) is 1. The smallest absolute Gasteiger partial charge is 0.237 e. The van der Waals surface area contributed by atoms with Crippen LogP contribution < -0.4 is 11.1 Å². The van der Waals surface area contributed by atoms with Crippen LogP contribution in [0.1, 0.15) is 44.2 Å². The normalized spacial score (nSPS) is 24.1. The lowest BCUT2D eigenvalue weighted by Gasteiger charge is -2.35. The fraction of sp³-hybridized carbons (Fsp3) is 0.682. The van der Waals surface area contributed by atoms with Gasteiger partial charge in [-0.25, -0.2) is 0 Å². The highest BCUT2D eigenvalue weighted by Gasteiger charge is 2.26. The van der Waals surface area contributed by atoms with Crippen LogP contribution in [-0.2, 0) is 22.6 Å². The molecule has 29 heavy (non-hydrogen) atoms. The molecule has 5 nitrogen and oxygen atoms in total. The first-order valence-corrected chi connectivity index (χ1v) is 10.4. The van der Waals surface area contributed by atoms with Crippen LogP contribution in [0.25, 0.3) is 0 Å². The van der Waals surface area contributed by atoms with Crippen molar-refractivity contribution in [1.82, 2.24) is 10.2 Å². The molecule has 0 bridgehead atoms. The molecule has 3 atom stereocenters. The molecule has 3 N–H and O–H groups in total. The zero-order valence-corrected chi connectivity index (χ0v) is 19.3. The lowest BCUT2D eigenvalue weighted by molar-refractivity contribution is -0.124. The largest absolute Gasteiger partial charge is 0.381 e. The van der Waals surface area contributed by atoms with Crippen molar-refractivity contribution >= 4 is 30.7 Å². The van der Waals surface area contributed by atoms with E-state index in [1.807, 2.05) is 0 Å². The van der Waals surface area contributed by atoms with E-state index < -0.39 is 6.04 Å². The molecule has 166 valence electrons. The van der Waals surface area contributed by atoms with Crippen LogP contribution >= 0.6 is 24.8 Å². The number of carbonyl (C=O) groups excluding carboxylic acids is 1. The van der Waals surface area contributed by atoms with Gasteiger partial charge in [-0.15, -0.1) is 24.8 Å². The van der Waals surface area contributed by atoms with Gasteiger partial charge in [-0.3, -0.25) is 9.69 Å². The first-order chi connectivity index (χ1) is 13.0. The highest BCUT2D eigenvalue weighted by atomic mass is 35.5. The lowest BCUT2D eigenvalue weighted by atomic mass is 9.91. The number of carbonyl (C=O) groups is 1. The summed E-state index contributed by atoms with van der Waals surface area (Å²) < 4.78 is 5.35. The van der Waals surface area contributed by atoms with Crippen molar-refractivity contribution < 1.29 is 9.53 Å². The van der Waals surface area contributed by atoms with E-state index in [-0.39, 0.29) is 36.6 Å². The van der Waals surface area contributed by atoms with Crippen molar-refractivity contribution in [1.29, 1.82) is 0 Å². The second kappa shape index (κ2) is 12.8. The van der Waals surface area contributed by atoms with Gasteiger partial charge in [0.05, 0.1) is 6.04 Å². The summed E-state index contributed by atoms with van der Waals surface area (Å²) in [5.74, 6) is 1.74. The molecule has 2 heterocycles. The average molecular weight is 446 g/mol. The fourth-order valence-corrected chi connectivity index (χ4v) is 4.54. The Morgan fingerprint density at radius 2 is 1.66 bits per heavy atom. The molecule has 2 aliphatic heterocycles. The number of hydrogen-bond donors (Lipinski definition) is 2. The SMILES string of the molecule is CC1CC(C)CN(Cc2ccc(CNC(=O)C(N)C3CCOCC3)cc2)C1.Cl.Cl. The molecule has 3 unspecified atom stereocenters. The summed E-state index contributed by atoms with van der Waals surface area (Å²) in [4.78, 5) is 14.9. The molecule has 1 aromatic rings. The Morgan fingerprint density at radius 1 is 1.10 bits per heavy atom. The molecule has 1 amide bonds. The molecule has 1 aromatic carbocycles. The van der Waals surface area contributed by atoms with Gasteiger partial charge >= 0.3 is 0 Å². The first-order valence-electron chi connectivity index (χ1n) is 10.4. The quantitative estimate of drug-likeness (QED) is 0.703. The molecule has 0 aliphatic carbocycles. The number of piperidine rings is 1. The lowest BCUT2D eigenvalue weighted by Crippen LogP contribution is -2.46. The van der Waals surface area contributed by atoms with Gasteiger partial charge in [0.1, 0.15) is 0 Å². The Kier molecular flexibility index (Phi) is 11.5. The van der Waals surface area contributed by atoms with Gasteiger partial charge < -0.3 is 15.8 Å². The Hall–Kier alpha value is -0.850. The highest BCUT2D eigenvalue weighted by Crippen LogP contribution is 2.22. The summed E-state index contributed by atoms with van der Waals surface area (Å²) in [5.41, 5.74) is 8.59. The minimum Gasteiger partial charge on any atom is -0.381 e. The van der Waals surface area contributed by atoms with E-state index in [4.69, 9.17) is 10.5 Å². The maximum Gasteiger partial charge on any atom is 0.237 e. The molecule has 0 radical (unpaired) electrons. The summed E-state index contributed by atoms with van der Waals surface area (Å²) in [5, 5.41) is 2.99. The maximum atomic E-state index is 12.3. The third-order valence-corrected chi connectivity index (χ3v) is 5.92. The zero-order valence-electron chi connectivity index (χ0n) is 17.6. The Labute approximate surface area is 187 Å². The molecule has 0 aromatic heterocycles. The van der Waals surface area contributed by atoms with Gasteiger partial charge in [0, 0.05) is 39.4 Å². The van der Waals surface area contributed by atoms with Crippen LogP contribution in [0.15, 0.2) is 24.3 Å². The summed E-state index contributed by atoms with van der Waals surface area (Å²) in [6.45, 7) is 10.0. The zero-order chi connectivity index (χ0) is 19.2. The van der Waals surface area contributed by atoms with Crippen LogP contribution in [0.5, 0.6) is 0 Å². The number of benzene rings is 1. The number of amides is 1. The van der Waals surface area contributed by atoms with Crippen LogP contribution in [0.2, 0.25) is 0 Å². The van der Waals surface area contributed by atoms with Gasteiger partial charge in [-0.1, -0.05) is 38.1 Å². The average Bonchev–Trinajstić information content (AvgIpc) is 2.66. The van der Waals surface area contributed by atoms with Gasteiger partial charge in [0.25, 0.3) is 0 Å². The summed E-state index contributed by atoms with van der Waals surface area (Å²) in [6.07, 6.45) is 3.08. The Morgan fingerprint density at radius 3 is 2.24 bits per heavy atom. The topological polar surface area (TPSA) is 67.6 Å². The first kappa shape index (κ1) is 26.2. The van der Waals surface area contributed by atoms with E-state index in [1.54, 1.807) is 0 Å². The van der Waals surface area contributed by atoms with E-state index >= 15 is 0 Å². The van der Waals surface area contributed by atoms with Crippen LogP contribution in [-0.4, -0.2) is 43.2 Å². The van der Waals surface area contributed by atoms with Gasteiger partial charge in [-0.2, -0.15) is 0 Å². The number of nitrogens with two attached hydrogens (primary N) is 1. The molecule has 0 spiro atoms. The third kappa shape index (κ3) is 8.06. The standard InChI is InChI=1S/C22H35N3O2.2ClH/c1-16-11-17(2)14-25(13-16)15-19-5-3-18(4-6-19)12-24-22(26)21(23)20-7-9-27-10-8-20;;/h3-6,16-17,20-21H,7-15,23H2,1-2H3,(H,24,26);2*1H. The van der Waals surface area contributed by atoms with Crippen LogP contribution in [0, 0.1) is 17.8 Å². The van der Waals surface area contributed by atoms with Crippen molar-refractivity contribution in [2.75, 3.05) is 26.3 Å². The van der Waals surface area contributed by atoms with Crippen molar-refractivity contribution in [3.05, 3.63) is 35.4 Å². The second-order valence-electron chi connectivity index (χ2n) is 8.65. The number of nitrogens with one attached hydrogen (secondary N) is 1. The Bertz CT molecular complexity index is 599. The minimum atomic E-state index is -0.434. The number of hydrogen-bond acceptors (Lipinski definition) is 4. The van der Waals surface area contributed by atoms with Gasteiger partial charge in [-0.05, 0) is 48.1 Å². The van der Waals surface area contributed by atoms with E-state index in [0.717, 1.165) is 36.8 Å². The summed E-state index contributed by atoms with van der Waals surface area (Å²) >= 11 is 0. The number of ether oxygens (including phenoxy) is 1.